The van der Waals surface area contributed by atoms with Crippen molar-refractivity contribution in [3.8, 4) is 0 Å². The Hall–Kier alpha value is -1.42. The number of aromatic nitrogens is 1. The van der Waals surface area contributed by atoms with E-state index in [2.05, 4.69) is 15.6 Å². The van der Waals surface area contributed by atoms with Crippen molar-refractivity contribution in [2.75, 3.05) is 6.54 Å². The fourth-order valence-corrected chi connectivity index (χ4v) is 2.25. The minimum absolute atomic E-state index is 0.0310. The Morgan fingerprint density at radius 1 is 1.50 bits per heavy atom. The predicted octanol–water partition coefficient (Wildman–Crippen LogP) is 1.54. The average Bonchev–Trinajstić information content (AvgIpc) is 2.66. The Balaban J connectivity index is 1.86. The highest BCUT2D eigenvalue weighted by Gasteiger charge is 2.19. The first-order valence-corrected chi connectivity index (χ1v) is 6.69. The Bertz CT molecular complexity index is 398. The van der Waals surface area contributed by atoms with E-state index in [1.54, 1.807) is 6.20 Å². The van der Waals surface area contributed by atoms with Crippen LogP contribution < -0.4 is 10.6 Å². The number of nitrogens with one attached hydrogen (secondary N) is 2. The summed E-state index contributed by atoms with van der Waals surface area (Å²) in [6.45, 7) is 3.47. The van der Waals surface area contributed by atoms with Gasteiger partial charge in [-0.25, -0.2) is 0 Å². The molecule has 1 saturated heterocycles. The number of hydrogen-bond donors (Lipinski definition) is 2. The van der Waals surface area contributed by atoms with E-state index >= 15 is 0 Å². The smallest absolute Gasteiger partial charge is 0.237 e. The van der Waals surface area contributed by atoms with Crippen molar-refractivity contribution in [1.29, 1.82) is 0 Å². The van der Waals surface area contributed by atoms with Crippen LogP contribution in [-0.2, 0) is 11.3 Å². The zero-order valence-electron chi connectivity index (χ0n) is 10.9. The standard InChI is InChI=1S/C14H21N3O/c1-11-6-5-9-16-13(11)10-17-14(18)12-7-3-2-4-8-15-12/h5-6,9,12,15H,2-4,7-8,10H2,1H3,(H,17,18). The predicted molar refractivity (Wildman–Crippen MR) is 71.1 cm³/mol. The summed E-state index contributed by atoms with van der Waals surface area (Å²) >= 11 is 0. The number of carbonyl (C=O) groups excluding carboxylic acids is 1. The minimum atomic E-state index is -0.0310. The minimum Gasteiger partial charge on any atom is -0.349 e. The lowest BCUT2D eigenvalue weighted by Crippen LogP contribution is -2.43. The fourth-order valence-electron chi connectivity index (χ4n) is 2.25. The van der Waals surface area contributed by atoms with Crippen molar-refractivity contribution in [3.63, 3.8) is 0 Å². The number of rotatable bonds is 3. The molecule has 1 aliphatic heterocycles. The van der Waals surface area contributed by atoms with Crippen LogP contribution in [0.3, 0.4) is 0 Å². The summed E-state index contributed by atoms with van der Waals surface area (Å²) in [5, 5.41) is 6.27. The first-order chi connectivity index (χ1) is 8.77. The molecular formula is C14H21N3O. The molecule has 1 amide bonds. The average molecular weight is 247 g/mol. The van der Waals surface area contributed by atoms with Crippen LogP contribution in [-0.4, -0.2) is 23.5 Å². The molecule has 0 saturated carbocycles. The summed E-state index contributed by atoms with van der Waals surface area (Å²) in [4.78, 5) is 16.3. The van der Waals surface area contributed by atoms with Crippen LogP contribution in [0.2, 0.25) is 0 Å². The van der Waals surface area contributed by atoms with E-state index in [0.29, 0.717) is 6.54 Å². The SMILES string of the molecule is Cc1cccnc1CNC(=O)C1CCCCCN1. The second-order valence-electron chi connectivity index (χ2n) is 4.84. The van der Waals surface area contributed by atoms with Crippen LogP contribution in [0.1, 0.15) is 36.9 Å². The van der Waals surface area contributed by atoms with Crippen molar-refractivity contribution < 1.29 is 4.79 Å². The van der Waals surface area contributed by atoms with Gasteiger partial charge in [0.25, 0.3) is 0 Å². The largest absolute Gasteiger partial charge is 0.349 e. The van der Waals surface area contributed by atoms with Gasteiger partial charge < -0.3 is 10.6 Å². The third-order valence-corrected chi connectivity index (χ3v) is 3.42. The van der Waals surface area contributed by atoms with Crippen molar-refractivity contribution in [1.82, 2.24) is 15.6 Å². The Kier molecular flexibility index (Phi) is 4.70. The van der Waals surface area contributed by atoms with Crippen LogP contribution in [0.5, 0.6) is 0 Å². The van der Waals surface area contributed by atoms with Gasteiger partial charge in [0.05, 0.1) is 18.3 Å². The van der Waals surface area contributed by atoms with Crippen molar-refractivity contribution in [2.45, 2.75) is 45.2 Å². The van der Waals surface area contributed by atoms with Crippen molar-refractivity contribution in [2.24, 2.45) is 0 Å². The molecular weight excluding hydrogens is 226 g/mol. The maximum atomic E-state index is 12.0. The van der Waals surface area contributed by atoms with E-state index < -0.39 is 0 Å². The van der Waals surface area contributed by atoms with Gasteiger partial charge in [-0.2, -0.15) is 0 Å². The lowest BCUT2D eigenvalue weighted by atomic mass is 10.1. The van der Waals surface area contributed by atoms with E-state index in [4.69, 9.17) is 0 Å². The molecule has 0 bridgehead atoms. The first kappa shape index (κ1) is 13.0. The highest BCUT2D eigenvalue weighted by Crippen LogP contribution is 2.09. The maximum absolute atomic E-state index is 12.0. The van der Waals surface area contributed by atoms with Gasteiger partial charge in [0.1, 0.15) is 0 Å². The Labute approximate surface area is 108 Å². The molecule has 2 rings (SSSR count). The molecule has 1 aromatic heterocycles. The molecule has 1 fully saturated rings. The summed E-state index contributed by atoms with van der Waals surface area (Å²) in [6, 6.07) is 3.89. The zero-order valence-corrected chi connectivity index (χ0v) is 10.9. The van der Waals surface area contributed by atoms with E-state index in [-0.39, 0.29) is 11.9 Å². The van der Waals surface area contributed by atoms with Crippen LogP contribution in [0, 0.1) is 6.92 Å². The molecule has 4 heteroatoms. The van der Waals surface area contributed by atoms with E-state index in [1.165, 1.54) is 12.8 Å². The normalized spacial score (nSPS) is 20.2. The van der Waals surface area contributed by atoms with Gasteiger partial charge in [-0.3, -0.25) is 9.78 Å². The highest BCUT2D eigenvalue weighted by atomic mass is 16.2. The van der Waals surface area contributed by atoms with Gasteiger partial charge >= 0.3 is 0 Å². The van der Waals surface area contributed by atoms with E-state index in [0.717, 1.165) is 30.6 Å². The summed E-state index contributed by atoms with van der Waals surface area (Å²) in [6.07, 6.45) is 6.22. The van der Waals surface area contributed by atoms with Gasteiger partial charge in [-0.1, -0.05) is 18.9 Å². The van der Waals surface area contributed by atoms with Gasteiger partial charge in [0.15, 0.2) is 0 Å². The Morgan fingerprint density at radius 2 is 2.39 bits per heavy atom. The maximum Gasteiger partial charge on any atom is 0.237 e. The molecule has 0 aliphatic carbocycles. The lowest BCUT2D eigenvalue weighted by Gasteiger charge is -2.15. The molecule has 1 atom stereocenters. The lowest BCUT2D eigenvalue weighted by molar-refractivity contribution is -0.123. The van der Waals surface area contributed by atoms with Gasteiger partial charge in [-0.05, 0) is 37.9 Å². The van der Waals surface area contributed by atoms with E-state index in [9.17, 15) is 4.79 Å². The summed E-state index contributed by atoms with van der Waals surface area (Å²) in [5.41, 5.74) is 2.06. The quantitative estimate of drug-likeness (QED) is 0.852. The summed E-state index contributed by atoms with van der Waals surface area (Å²) in [7, 11) is 0. The Morgan fingerprint density at radius 3 is 3.22 bits per heavy atom. The molecule has 2 N–H and O–H groups in total. The summed E-state index contributed by atoms with van der Waals surface area (Å²) < 4.78 is 0. The molecule has 1 aliphatic rings. The van der Waals surface area contributed by atoms with Crippen molar-refractivity contribution in [3.05, 3.63) is 29.6 Å². The van der Waals surface area contributed by atoms with Gasteiger partial charge in [-0.15, -0.1) is 0 Å². The number of pyridine rings is 1. The number of aryl methyl sites for hydroxylation is 1. The van der Waals surface area contributed by atoms with E-state index in [1.807, 2.05) is 19.1 Å². The zero-order chi connectivity index (χ0) is 12.8. The van der Waals surface area contributed by atoms with Gasteiger partial charge in [0, 0.05) is 6.20 Å². The highest BCUT2D eigenvalue weighted by molar-refractivity contribution is 5.81. The molecule has 18 heavy (non-hydrogen) atoms. The molecule has 4 nitrogen and oxygen atoms in total. The molecule has 1 unspecified atom stereocenters. The third-order valence-electron chi connectivity index (χ3n) is 3.42. The van der Waals surface area contributed by atoms with Gasteiger partial charge in [0.2, 0.25) is 5.91 Å². The van der Waals surface area contributed by atoms with Crippen LogP contribution in [0.4, 0.5) is 0 Å². The second kappa shape index (κ2) is 6.50. The van der Waals surface area contributed by atoms with Crippen LogP contribution in [0.15, 0.2) is 18.3 Å². The van der Waals surface area contributed by atoms with Crippen LogP contribution >= 0.6 is 0 Å². The monoisotopic (exact) mass is 247 g/mol. The topological polar surface area (TPSA) is 54.0 Å². The summed E-state index contributed by atoms with van der Waals surface area (Å²) in [5.74, 6) is 0.0990. The molecule has 0 radical (unpaired) electrons. The number of amides is 1. The fraction of sp³-hybridized carbons (Fsp3) is 0.571. The molecule has 2 heterocycles. The first-order valence-electron chi connectivity index (χ1n) is 6.69. The number of hydrogen-bond acceptors (Lipinski definition) is 3. The molecule has 1 aromatic rings. The molecule has 0 spiro atoms. The third kappa shape index (κ3) is 3.53. The number of carbonyl (C=O) groups is 1. The number of nitrogens with zero attached hydrogens (tertiary/aromatic N) is 1. The molecule has 0 aromatic carbocycles. The van der Waals surface area contributed by atoms with Crippen molar-refractivity contribution >= 4 is 5.91 Å². The van der Waals surface area contributed by atoms with Crippen LogP contribution in [0.25, 0.3) is 0 Å². The second-order valence-corrected chi connectivity index (χ2v) is 4.84. The molecule has 98 valence electrons.